The monoisotopic (exact) mass is 308 g/mol. The number of aryl methyl sites for hydroxylation is 2. The van der Waals surface area contributed by atoms with Crippen molar-refractivity contribution in [2.24, 2.45) is 7.05 Å². The summed E-state index contributed by atoms with van der Waals surface area (Å²) in [5, 5.41) is 4.94. The summed E-state index contributed by atoms with van der Waals surface area (Å²) in [5.41, 5.74) is 3.63. The normalized spacial score (nSPS) is 11.2. The second-order valence-electron chi connectivity index (χ2n) is 4.49. The Balaban J connectivity index is 2.32. The molecular formula is C13H13ClN4OS. The fraction of sp³-hybridized carbons (Fsp3) is 0.231. The van der Waals surface area contributed by atoms with E-state index in [9.17, 15) is 0 Å². The Morgan fingerprint density at radius 2 is 2.15 bits per heavy atom. The summed E-state index contributed by atoms with van der Waals surface area (Å²) in [5.74, 6) is 0.634. The van der Waals surface area contributed by atoms with Gasteiger partial charge in [0.25, 0.3) is 0 Å². The summed E-state index contributed by atoms with van der Waals surface area (Å²) in [7, 11) is 3.48. The van der Waals surface area contributed by atoms with E-state index >= 15 is 0 Å². The van der Waals surface area contributed by atoms with Crippen LogP contribution in [0.2, 0.25) is 5.02 Å². The van der Waals surface area contributed by atoms with Crippen LogP contribution in [0.15, 0.2) is 18.2 Å². The van der Waals surface area contributed by atoms with Gasteiger partial charge in [-0.2, -0.15) is 5.10 Å². The molecule has 0 aliphatic heterocycles. The Morgan fingerprint density at radius 3 is 2.80 bits per heavy atom. The van der Waals surface area contributed by atoms with E-state index in [4.69, 9.17) is 28.6 Å². The molecule has 104 valence electrons. The molecule has 0 fully saturated rings. The van der Waals surface area contributed by atoms with Crippen LogP contribution in [0.25, 0.3) is 16.9 Å². The number of ether oxygens (including phenoxy) is 1. The minimum absolute atomic E-state index is 0.542. The van der Waals surface area contributed by atoms with Crippen LogP contribution >= 0.6 is 23.8 Å². The number of imidazole rings is 1. The number of H-pyrrole nitrogens is 1. The van der Waals surface area contributed by atoms with Gasteiger partial charge in [-0.3, -0.25) is 4.57 Å². The van der Waals surface area contributed by atoms with E-state index in [1.54, 1.807) is 11.8 Å². The van der Waals surface area contributed by atoms with Crippen molar-refractivity contribution in [1.29, 1.82) is 0 Å². The van der Waals surface area contributed by atoms with Gasteiger partial charge in [0.05, 0.1) is 23.5 Å². The van der Waals surface area contributed by atoms with Crippen molar-refractivity contribution < 1.29 is 4.74 Å². The molecule has 0 aliphatic rings. The van der Waals surface area contributed by atoms with E-state index in [0.717, 1.165) is 22.5 Å². The lowest BCUT2D eigenvalue weighted by molar-refractivity contribution is 0.415. The highest BCUT2D eigenvalue weighted by Gasteiger charge is 2.14. The molecule has 0 aliphatic carbocycles. The first-order chi connectivity index (χ1) is 9.52. The number of hydrogen-bond acceptors (Lipinski definition) is 3. The number of methoxy groups -OCH3 is 1. The lowest BCUT2D eigenvalue weighted by atomic mass is 10.3. The second-order valence-corrected chi connectivity index (χ2v) is 5.29. The third-order valence-electron chi connectivity index (χ3n) is 3.23. The van der Waals surface area contributed by atoms with Crippen molar-refractivity contribution in [3.05, 3.63) is 33.7 Å². The van der Waals surface area contributed by atoms with Crippen molar-refractivity contribution in [1.82, 2.24) is 19.3 Å². The van der Waals surface area contributed by atoms with Gasteiger partial charge in [-0.05, 0) is 37.3 Å². The molecular weight excluding hydrogens is 296 g/mol. The lowest BCUT2D eigenvalue weighted by Gasteiger charge is -2.08. The molecule has 0 unspecified atom stereocenters. The van der Waals surface area contributed by atoms with E-state index in [2.05, 4.69) is 10.1 Å². The van der Waals surface area contributed by atoms with Crippen molar-refractivity contribution in [3.8, 4) is 11.4 Å². The van der Waals surface area contributed by atoms with E-state index in [-0.39, 0.29) is 0 Å². The van der Waals surface area contributed by atoms with Gasteiger partial charge in [0.1, 0.15) is 11.3 Å². The topological polar surface area (TPSA) is 47.8 Å². The zero-order valence-corrected chi connectivity index (χ0v) is 12.8. The van der Waals surface area contributed by atoms with Crippen LogP contribution in [0, 0.1) is 11.7 Å². The quantitative estimate of drug-likeness (QED) is 0.738. The van der Waals surface area contributed by atoms with Crippen molar-refractivity contribution in [3.63, 3.8) is 0 Å². The molecule has 0 radical (unpaired) electrons. The Bertz CT molecular complexity index is 861. The largest absolute Gasteiger partial charge is 0.495 e. The molecule has 3 aromatic rings. The average Bonchev–Trinajstić information content (AvgIpc) is 2.88. The van der Waals surface area contributed by atoms with Crippen LogP contribution in [-0.2, 0) is 7.05 Å². The maximum Gasteiger partial charge on any atom is 0.184 e. The highest BCUT2D eigenvalue weighted by molar-refractivity contribution is 7.71. The van der Waals surface area contributed by atoms with Gasteiger partial charge in [0, 0.05) is 7.05 Å². The zero-order valence-electron chi connectivity index (χ0n) is 11.3. The maximum atomic E-state index is 6.19. The fourth-order valence-corrected chi connectivity index (χ4v) is 2.89. The van der Waals surface area contributed by atoms with Crippen LogP contribution in [0.3, 0.4) is 0 Å². The molecule has 0 spiro atoms. The number of aromatic nitrogens is 4. The molecule has 0 bridgehead atoms. The number of halogens is 1. The van der Waals surface area contributed by atoms with Crippen LogP contribution in [0.5, 0.6) is 5.75 Å². The molecule has 0 saturated carbocycles. The number of hydrogen-bond donors (Lipinski definition) is 1. The van der Waals surface area contributed by atoms with E-state index in [1.165, 1.54) is 0 Å². The lowest BCUT2D eigenvalue weighted by Crippen LogP contribution is -2.01. The van der Waals surface area contributed by atoms with Crippen LogP contribution in [0.1, 0.15) is 5.69 Å². The summed E-state index contributed by atoms with van der Waals surface area (Å²) < 4.78 is 9.49. The summed E-state index contributed by atoms with van der Waals surface area (Å²) in [4.78, 5) is 3.18. The van der Waals surface area contributed by atoms with Gasteiger partial charge in [0.2, 0.25) is 0 Å². The molecule has 7 heteroatoms. The standard InChI is InChI=1S/C13H13ClN4OS/c1-7-11-12(17(2)16-7)18(13(20)15-11)8-4-5-10(19-3)9(14)6-8/h4-6H,1-3H3,(H,15,20). The number of aromatic amines is 1. The molecule has 3 rings (SSSR count). The van der Waals surface area contributed by atoms with Gasteiger partial charge in [0.15, 0.2) is 10.4 Å². The first-order valence-electron chi connectivity index (χ1n) is 6.01. The Morgan fingerprint density at radius 1 is 1.40 bits per heavy atom. The first-order valence-corrected chi connectivity index (χ1v) is 6.79. The molecule has 2 heterocycles. The molecule has 20 heavy (non-hydrogen) atoms. The molecule has 2 aromatic heterocycles. The van der Waals surface area contributed by atoms with Crippen LogP contribution in [-0.4, -0.2) is 26.4 Å². The van der Waals surface area contributed by atoms with Crippen LogP contribution < -0.4 is 4.74 Å². The van der Waals surface area contributed by atoms with E-state index in [0.29, 0.717) is 15.5 Å². The average molecular weight is 309 g/mol. The predicted octanol–water partition coefficient (Wildman–Crippen LogP) is 3.39. The Kier molecular flexibility index (Phi) is 3.07. The van der Waals surface area contributed by atoms with E-state index in [1.807, 2.05) is 36.7 Å². The SMILES string of the molecule is COc1ccc(-n2c(=S)[nH]c3c(C)nn(C)c32)cc1Cl. The number of benzene rings is 1. The van der Waals surface area contributed by atoms with Crippen molar-refractivity contribution in [2.75, 3.05) is 7.11 Å². The summed E-state index contributed by atoms with van der Waals surface area (Å²) in [6.07, 6.45) is 0. The third kappa shape index (κ3) is 1.83. The molecule has 0 atom stereocenters. The van der Waals surface area contributed by atoms with Gasteiger partial charge in [-0.15, -0.1) is 0 Å². The van der Waals surface area contributed by atoms with Crippen molar-refractivity contribution in [2.45, 2.75) is 6.92 Å². The number of nitrogens with one attached hydrogen (secondary N) is 1. The number of rotatable bonds is 2. The van der Waals surface area contributed by atoms with Gasteiger partial charge in [-0.25, -0.2) is 4.68 Å². The summed E-state index contributed by atoms with van der Waals surface area (Å²) in [6, 6.07) is 5.56. The molecule has 0 saturated heterocycles. The minimum atomic E-state index is 0.542. The van der Waals surface area contributed by atoms with Gasteiger partial charge in [-0.1, -0.05) is 11.6 Å². The highest BCUT2D eigenvalue weighted by Crippen LogP contribution is 2.29. The summed E-state index contributed by atoms with van der Waals surface area (Å²) >= 11 is 11.6. The number of fused-ring (bicyclic) bond motifs is 1. The summed E-state index contributed by atoms with van der Waals surface area (Å²) in [6.45, 7) is 1.94. The molecule has 5 nitrogen and oxygen atoms in total. The third-order valence-corrected chi connectivity index (χ3v) is 3.81. The van der Waals surface area contributed by atoms with Crippen LogP contribution in [0.4, 0.5) is 0 Å². The smallest absolute Gasteiger partial charge is 0.184 e. The zero-order chi connectivity index (χ0) is 14.4. The Hall–Kier alpha value is -1.79. The van der Waals surface area contributed by atoms with E-state index < -0.39 is 0 Å². The first kappa shape index (κ1) is 13.2. The number of nitrogens with zero attached hydrogens (tertiary/aromatic N) is 3. The fourth-order valence-electron chi connectivity index (χ4n) is 2.34. The molecule has 0 amide bonds. The maximum absolute atomic E-state index is 6.19. The minimum Gasteiger partial charge on any atom is -0.495 e. The second kappa shape index (κ2) is 4.64. The molecule has 1 N–H and O–H groups in total. The van der Waals surface area contributed by atoms with Crippen molar-refractivity contribution >= 4 is 35.0 Å². The van der Waals surface area contributed by atoms with Gasteiger partial charge < -0.3 is 9.72 Å². The van der Waals surface area contributed by atoms with Gasteiger partial charge >= 0.3 is 0 Å². The molecule has 1 aromatic carbocycles. The highest BCUT2D eigenvalue weighted by atomic mass is 35.5. The Labute approximate surface area is 125 Å². The predicted molar refractivity (Wildman–Crippen MR) is 81.5 cm³/mol.